The number of piperazine rings is 1. The van der Waals surface area contributed by atoms with Crippen LogP contribution in [0, 0.1) is 5.82 Å². The van der Waals surface area contributed by atoms with Gasteiger partial charge >= 0.3 is 0 Å². The van der Waals surface area contributed by atoms with Gasteiger partial charge in [0.1, 0.15) is 5.82 Å². The summed E-state index contributed by atoms with van der Waals surface area (Å²) in [6, 6.07) is 15.4. The van der Waals surface area contributed by atoms with Crippen molar-refractivity contribution in [1.29, 1.82) is 0 Å². The fourth-order valence-electron chi connectivity index (χ4n) is 3.32. The minimum absolute atomic E-state index is 0.0741. The first-order valence-corrected chi connectivity index (χ1v) is 10.6. The zero-order chi connectivity index (χ0) is 18.7. The second-order valence-corrected chi connectivity index (χ2v) is 8.77. The van der Waals surface area contributed by atoms with E-state index >= 15 is 0 Å². The highest BCUT2D eigenvalue weighted by molar-refractivity contribution is 7.89. The number of hydrogen-bond donors (Lipinski definition) is 0. The van der Waals surface area contributed by atoms with Crippen LogP contribution >= 0.6 is 0 Å². The van der Waals surface area contributed by atoms with Gasteiger partial charge in [0, 0.05) is 31.2 Å². The second kappa shape index (κ2) is 7.86. The van der Waals surface area contributed by atoms with Crippen LogP contribution in [0.4, 0.5) is 4.39 Å². The number of rotatable bonds is 4. The number of fused-ring (bicyclic) bond motifs is 1. The summed E-state index contributed by atoms with van der Waals surface area (Å²) in [4.78, 5) is 2.34. The quantitative estimate of drug-likeness (QED) is 0.700. The summed E-state index contributed by atoms with van der Waals surface area (Å²) in [6.45, 7) is 6.75. The molecule has 0 bridgehead atoms. The molecular weight excluding hydrogens is 351 g/mol. The van der Waals surface area contributed by atoms with E-state index < -0.39 is 10.0 Å². The summed E-state index contributed by atoms with van der Waals surface area (Å²) in [5.41, 5.74) is 3.07. The number of likely N-dealkylation sites (N-methyl/N-ethyl adjacent to an activating group) is 1. The molecule has 1 fully saturated rings. The van der Waals surface area contributed by atoms with E-state index in [1.54, 1.807) is 17.3 Å². The third-order valence-electron chi connectivity index (χ3n) is 5.00. The fourth-order valence-corrected chi connectivity index (χ4v) is 4.41. The Morgan fingerprint density at radius 3 is 2.27 bits per heavy atom. The van der Waals surface area contributed by atoms with Gasteiger partial charge in [-0.05, 0) is 36.7 Å². The Balaban J connectivity index is 0.000000229. The number of halogens is 1. The second-order valence-electron chi connectivity index (χ2n) is 6.51. The molecule has 26 heavy (non-hydrogen) atoms. The summed E-state index contributed by atoms with van der Waals surface area (Å²) in [5.74, 6) is 0.107. The first-order chi connectivity index (χ1) is 12.5. The molecule has 1 atom stereocenters. The van der Waals surface area contributed by atoms with Crippen molar-refractivity contribution in [1.82, 2.24) is 9.21 Å². The lowest BCUT2D eigenvalue weighted by Crippen LogP contribution is -2.50. The lowest BCUT2D eigenvalue weighted by Gasteiger charge is -2.40. The average Bonchev–Trinajstić information content (AvgIpc) is 3.39. The van der Waals surface area contributed by atoms with Gasteiger partial charge in [-0.1, -0.05) is 43.3 Å². The third-order valence-corrected chi connectivity index (χ3v) is 6.84. The van der Waals surface area contributed by atoms with Crippen LogP contribution in [0.5, 0.6) is 0 Å². The molecule has 1 aromatic rings. The molecule has 3 aliphatic rings. The van der Waals surface area contributed by atoms with Gasteiger partial charge in [0.05, 0.1) is 5.75 Å². The summed E-state index contributed by atoms with van der Waals surface area (Å²) in [7, 11) is -3.09. The SMILES string of the molecule is CCN1CCN(S(=O)(=O)CC)CC1c1ccccc1.Fc1ccc2cc1-2. The maximum atomic E-state index is 12.1. The van der Waals surface area contributed by atoms with E-state index in [4.69, 9.17) is 0 Å². The van der Waals surface area contributed by atoms with Crippen molar-refractivity contribution in [3.8, 4) is 11.1 Å². The lowest BCUT2D eigenvalue weighted by molar-refractivity contribution is 0.124. The third kappa shape index (κ3) is 4.14. The van der Waals surface area contributed by atoms with Crippen LogP contribution in [-0.2, 0) is 10.0 Å². The monoisotopic (exact) mass is 376 g/mol. The molecule has 1 unspecified atom stereocenters. The van der Waals surface area contributed by atoms with Crippen molar-refractivity contribution in [3.05, 3.63) is 59.9 Å². The maximum absolute atomic E-state index is 12.1. The van der Waals surface area contributed by atoms with E-state index in [0.29, 0.717) is 13.1 Å². The van der Waals surface area contributed by atoms with E-state index in [9.17, 15) is 12.8 Å². The lowest BCUT2D eigenvalue weighted by atomic mass is 10.0. The summed E-state index contributed by atoms with van der Waals surface area (Å²) >= 11 is 0. The minimum Gasteiger partial charge on any atom is -0.294 e. The zero-order valence-electron chi connectivity index (χ0n) is 15.2. The smallest absolute Gasteiger partial charge is 0.213 e. The first-order valence-electron chi connectivity index (χ1n) is 9.03. The van der Waals surface area contributed by atoms with Crippen LogP contribution in [0.3, 0.4) is 0 Å². The van der Waals surface area contributed by atoms with Gasteiger partial charge in [0.15, 0.2) is 0 Å². The largest absolute Gasteiger partial charge is 0.294 e. The van der Waals surface area contributed by atoms with Gasteiger partial charge in [-0.2, -0.15) is 4.31 Å². The van der Waals surface area contributed by atoms with Crippen molar-refractivity contribution in [2.24, 2.45) is 0 Å². The predicted octanol–water partition coefficient (Wildman–Crippen LogP) is 3.52. The van der Waals surface area contributed by atoms with Gasteiger partial charge in [-0.3, -0.25) is 4.90 Å². The first kappa shape index (κ1) is 19.0. The zero-order valence-corrected chi connectivity index (χ0v) is 16.0. The van der Waals surface area contributed by atoms with Gasteiger partial charge in [0.2, 0.25) is 10.0 Å². The van der Waals surface area contributed by atoms with Gasteiger partial charge < -0.3 is 0 Å². The highest BCUT2D eigenvalue weighted by Gasteiger charge is 2.32. The minimum atomic E-state index is -3.09. The number of hydrogen-bond acceptors (Lipinski definition) is 3. The number of sulfonamides is 1. The van der Waals surface area contributed by atoms with E-state index in [2.05, 4.69) is 24.0 Å². The molecule has 0 radical (unpaired) electrons. The van der Waals surface area contributed by atoms with E-state index in [1.165, 1.54) is 11.6 Å². The Hall–Kier alpha value is -1.76. The van der Waals surface area contributed by atoms with Crippen LogP contribution in [0.2, 0.25) is 0 Å². The highest BCUT2D eigenvalue weighted by atomic mass is 32.2. The van der Waals surface area contributed by atoms with Gasteiger partial charge in [0.25, 0.3) is 0 Å². The van der Waals surface area contributed by atoms with Crippen molar-refractivity contribution >= 4 is 10.0 Å². The Morgan fingerprint density at radius 2 is 1.81 bits per heavy atom. The summed E-state index contributed by atoms with van der Waals surface area (Å²) < 4.78 is 37.8. The Kier molecular flexibility index (Phi) is 5.75. The topological polar surface area (TPSA) is 40.6 Å². The van der Waals surface area contributed by atoms with Crippen LogP contribution in [-0.4, -0.2) is 49.6 Å². The molecule has 2 aliphatic carbocycles. The Bertz CT molecular complexity index is 855. The van der Waals surface area contributed by atoms with Crippen LogP contribution in [0.25, 0.3) is 11.1 Å². The van der Waals surface area contributed by atoms with Crippen molar-refractivity contribution in [2.45, 2.75) is 19.9 Å². The molecule has 6 heteroatoms. The molecule has 4 nitrogen and oxygen atoms in total. The Morgan fingerprint density at radius 1 is 1.08 bits per heavy atom. The fraction of sp³-hybridized carbons (Fsp3) is 0.400. The standard InChI is InChI=1S/C14H22N2O2S.C6H3F/c1-3-15-10-11-16(19(17,18)4-2)12-14(15)13-8-6-5-7-9-13;7-6-2-1-4-3-5(4)6/h5-9,14H,3-4,10-12H2,1-2H3;1-3H. The summed E-state index contributed by atoms with van der Waals surface area (Å²) in [6.07, 6.45) is 0. The van der Waals surface area contributed by atoms with E-state index in [-0.39, 0.29) is 17.6 Å². The Labute approximate surface area is 155 Å². The van der Waals surface area contributed by atoms with E-state index in [0.717, 1.165) is 24.2 Å². The molecule has 1 aliphatic heterocycles. The molecular formula is C20H25FN2O2S. The van der Waals surface area contributed by atoms with Crippen LogP contribution in [0.15, 0.2) is 48.5 Å². The van der Waals surface area contributed by atoms with Crippen molar-refractivity contribution in [2.75, 3.05) is 31.9 Å². The van der Waals surface area contributed by atoms with Crippen molar-refractivity contribution < 1.29 is 12.8 Å². The number of nitrogens with zero attached hydrogens (tertiary/aromatic N) is 2. The number of benzene rings is 2. The highest BCUT2D eigenvalue weighted by Crippen LogP contribution is 2.36. The molecule has 0 aromatic heterocycles. The summed E-state index contributed by atoms with van der Waals surface area (Å²) in [5, 5.41) is 0. The molecule has 0 saturated carbocycles. The average molecular weight is 376 g/mol. The molecule has 1 heterocycles. The predicted molar refractivity (Wildman–Crippen MR) is 103 cm³/mol. The molecule has 4 rings (SSSR count). The molecule has 140 valence electrons. The molecule has 0 spiro atoms. The molecule has 0 N–H and O–H groups in total. The maximum Gasteiger partial charge on any atom is 0.213 e. The van der Waals surface area contributed by atoms with Crippen LogP contribution < -0.4 is 0 Å². The van der Waals surface area contributed by atoms with Gasteiger partial charge in [-0.15, -0.1) is 0 Å². The normalized spacial score (nSPS) is 19.6. The van der Waals surface area contributed by atoms with E-state index in [1.807, 2.05) is 24.3 Å². The molecule has 1 aromatic carbocycles. The van der Waals surface area contributed by atoms with Gasteiger partial charge in [-0.25, -0.2) is 12.8 Å². The molecule has 1 saturated heterocycles. The van der Waals surface area contributed by atoms with Crippen molar-refractivity contribution in [3.63, 3.8) is 0 Å². The molecule has 0 amide bonds. The van der Waals surface area contributed by atoms with Crippen LogP contribution in [0.1, 0.15) is 25.5 Å².